The molecule has 4 aromatic rings. The molecule has 0 aliphatic carbocycles. The number of hydrogen-bond acceptors (Lipinski definition) is 4. The Morgan fingerprint density at radius 1 is 1.07 bits per heavy atom. The smallest absolute Gasteiger partial charge is 0.263 e. The van der Waals surface area contributed by atoms with E-state index >= 15 is 0 Å². The highest BCUT2D eigenvalue weighted by atomic mass is 32.1. The van der Waals surface area contributed by atoms with E-state index < -0.39 is 0 Å². The summed E-state index contributed by atoms with van der Waals surface area (Å²) in [4.78, 5) is 21.5. The Morgan fingerprint density at radius 3 is 2.77 bits per heavy atom. The fourth-order valence-corrected chi connectivity index (χ4v) is 5.20. The summed E-state index contributed by atoms with van der Waals surface area (Å²) in [7, 11) is 0. The molecule has 3 aromatic heterocycles. The topological polar surface area (TPSA) is 50.2 Å². The van der Waals surface area contributed by atoms with E-state index in [9.17, 15) is 4.79 Å². The van der Waals surface area contributed by atoms with Gasteiger partial charge in [0.1, 0.15) is 9.71 Å². The van der Waals surface area contributed by atoms with Crippen LogP contribution in [-0.4, -0.2) is 40.0 Å². The number of nitrogens with zero attached hydrogens (tertiary/aromatic N) is 3. The number of aromatic nitrogens is 2. The molecule has 1 aliphatic heterocycles. The van der Waals surface area contributed by atoms with Gasteiger partial charge in [-0.15, -0.1) is 11.3 Å². The van der Waals surface area contributed by atoms with Gasteiger partial charge in [0.15, 0.2) is 0 Å². The van der Waals surface area contributed by atoms with E-state index in [2.05, 4.69) is 39.5 Å². The zero-order valence-corrected chi connectivity index (χ0v) is 17.6. The van der Waals surface area contributed by atoms with Crippen LogP contribution < -0.4 is 5.32 Å². The molecule has 1 N–H and O–H groups in total. The van der Waals surface area contributed by atoms with Crippen LogP contribution in [-0.2, 0) is 13.0 Å². The first-order valence-corrected chi connectivity index (χ1v) is 11.2. The molecule has 5 nitrogen and oxygen atoms in total. The van der Waals surface area contributed by atoms with Crippen molar-refractivity contribution in [2.24, 2.45) is 0 Å². The predicted molar refractivity (Wildman–Crippen MR) is 121 cm³/mol. The van der Waals surface area contributed by atoms with E-state index in [1.165, 1.54) is 22.5 Å². The third kappa shape index (κ3) is 3.76. The van der Waals surface area contributed by atoms with Gasteiger partial charge in [-0.2, -0.15) is 0 Å². The molecule has 0 unspecified atom stereocenters. The van der Waals surface area contributed by atoms with E-state index in [1.807, 2.05) is 41.2 Å². The summed E-state index contributed by atoms with van der Waals surface area (Å²) >= 11 is 1.45. The maximum absolute atomic E-state index is 13.0. The second-order valence-electron chi connectivity index (χ2n) is 7.63. The summed E-state index contributed by atoms with van der Waals surface area (Å²) in [6, 6.07) is 16.6. The van der Waals surface area contributed by atoms with Gasteiger partial charge in [0, 0.05) is 50.2 Å². The fraction of sp³-hybridized carbons (Fsp3) is 0.250. The fourth-order valence-electron chi connectivity index (χ4n) is 4.14. The van der Waals surface area contributed by atoms with E-state index in [0.717, 1.165) is 48.4 Å². The number of amides is 1. The summed E-state index contributed by atoms with van der Waals surface area (Å²) in [5, 5.41) is 4.13. The molecule has 0 saturated heterocycles. The molecule has 0 saturated carbocycles. The monoisotopic (exact) mass is 416 g/mol. The van der Waals surface area contributed by atoms with Gasteiger partial charge in [0.05, 0.1) is 5.69 Å². The molecule has 0 spiro atoms. The van der Waals surface area contributed by atoms with Crippen molar-refractivity contribution in [1.82, 2.24) is 19.8 Å². The van der Waals surface area contributed by atoms with Crippen LogP contribution in [0.25, 0.3) is 15.9 Å². The summed E-state index contributed by atoms with van der Waals surface area (Å²) in [5.74, 6) is -0.0225. The van der Waals surface area contributed by atoms with Crippen LogP contribution in [0.5, 0.6) is 0 Å². The highest BCUT2D eigenvalue weighted by molar-refractivity contribution is 7.21. The van der Waals surface area contributed by atoms with Crippen LogP contribution in [0.2, 0.25) is 0 Å². The van der Waals surface area contributed by atoms with Crippen molar-refractivity contribution in [3.8, 4) is 5.69 Å². The van der Waals surface area contributed by atoms with Crippen molar-refractivity contribution in [3.63, 3.8) is 0 Å². The van der Waals surface area contributed by atoms with Gasteiger partial charge in [-0.25, -0.2) is 4.98 Å². The quantitative estimate of drug-likeness (QED) is 0.478. The molecule has 152 valence electrons. The molecular formula is C24H24N4OS. The molecule has 0 atom stereocenters. The Balaban J connectivity index is 1.23. The summed E-state index contributed by atoms with van der Waals surface area (Å²) in [6.45, 7) is 3.76. The molecule has 1 aliphatic rings. The molecule has 6 heteroatoms. The van der Waals surface area contributed by atoms with Crippen molar-refractivity contribution < 1.29 is 4.79 Å². The number of pyridine rings is 1. The van der Waals surface area contributed by atoms with Crippen LogP contribution in [0.15, 0.2) is 67.1 Å². The Kier molecular flexibility index (Phi) is 5.34. The maximum Gasteiger partial charge on any atom is 0.263 e. The molecule has 30 heavy (non-hydrogen) atoms. The second-order valence-corrected chi connectivity index (χ2v) is 8.63. The van der Waals surface area contributed by atoms with Gasteiger partial charge in [-0.1, -0.05) is 24.3 Å². The number of benzene rings is 1. The van der Waals surface area contributed by atoms with Crippen LogP contribution in [0.1, 0.15) is 27.2 Å². The summed E-state index contributed by atoms with van der Waals surface area (Å²) in [5.41, 5.74) is 3.82. The van der Waals surface area contributed by atoms with Gasteiger partial charge < -0.3 is 9.88 Å². The number of hydrogen-bond donors (Lipinski definition) is 1. The normalized spacial score (nSPS) is 14.0. The first kappa shape index (κ1) is 19.0. The Bertz CT molecular complexity index is 1170. The summed E-state index contributed by atoms with van der Waals surface area (Å²) < 4.78 is 2.00. The molecule has 0 fully saturated rings. The second kappa shape index (κ2) is 8.42. The Morgan fingerprint density at radius 2 is 1.90 bits per heavy atom. The average molecular weight is 417 g/mol. The minimum absolute atomic E-state index is 0.0225. The SMILES string of the molecule is O=C(NCCCN1CCc2ccccc2C1)c1sc2ncccc2c1-n1cccc1. The number of rotatable bonds is 6. The van der Waals surface area contributed by atoms with Crippen LogP contribution in [0, 0.1) is 0 Å². The van der Waals surface area contributed by atoms with Gasteiger partial charge >= 0.3 is 0 Å². The van der Waals surface area contributed by atoms with Gasteiger partial charge in [0.25, 0.3) is 5.91 Å². The molecule has 0 bridgehead atoms. The third-order valence-electron chi connectivity index (χ3n) is 5.66. The zero-order valence-electron chi connectivity index (χ0n) is 16.8. The lowest BCUT2D eigenvalue weighted by molar-refractivity contribution is 0.0955. The number of fused-ring (bicyclic) bond motifs is 2. The molecule has 5 rings (SSSR count). The standard InChI is InChI=1S/C24H24N4OS/c29-23(25-12-6-13-27-16-10-18-7-1-2-8-19(18)17-27)22-21(28-14-3-4-15-28)20-9-5-11-26-24(20)30-22/h1-5,7-9,11,14-15H,6,10,12-13,16-17H2,(H,25,29). The lowest BCUT2D eigenvalue weighted by Gasteiger charge is -2.28. The molecule has 1 aromatic carbocycles. The van der Waals surface area contributed by atoms with Crippen molar-refractivity contribution in [2.75, 3.05) is 19.6 Å². The van der Waals surface area contributed by atoms with Crippen molar-refractivity contribution in [1.29, 1.82) is 0 Å². The maximum atomic E-state index is 13.0. The molecule has 4 heterocycles. The van der Waals surface area contributed by atoms with Gasteiger partial charge in [-0.05, 0) is 48.2 Å². The Labute approximate surface area is 180 Å². The Hall–Kier alpha value is -2.96. The van der Waals surface area contributed by atoms with Gasteiger partial charge in [-0.3, -0.25) is 9.69 Å². The minimum Gasteiger partial charge on any atom is -0.351 e. The van der Waals surface area contributed by atoms with E-state index in [1.54, 1.807) is 6.20 Å². The van der Waals surface area contributed by atoms with Crippen molar-refractivity contribution >= 4 is 27.5 Å². The molecular weight excluding hydrogens is 392 g/mol. The average Bonchev–Trinajstić information content (AvgIpc) is 3.44. The zero-order chi connectivity index (χ0) is 20.3. The van der Waals surface area contributed by atoms with Crippen LogP contribution >= 0.6 is 11.3 Å². The minimum atomic E-state index is -0.0225. The lowest BCUT2D eigenvalue weighted by atomic mass is 10.00. The van der Waals surface area contributed by atoms with Crippen LogP contribution in [0.4, 0.5) is 0 Å². The number of thiophene rings is 1. The number of nitrogens with one attached hydrogen (secondary N) is 1. The summed E-state index contributed by atoms with van der Waals surface area (Å²) in [6.07, 6.45) is 7.77. The largest absolute Gasteiger partial charge is 0.351 e. The first-order valence-electron chi connectivity index (χ1n) is 10.4. The third-order valence-corrected chi connectivity index (χ3v) is 6.76. The van der Waals surface area contributed by atoms with Gasteiger partial charge in [0.2, 0.25) is 0 Å². The predicted octanol–water partition coefficient (Wildman–Crippen LogP) is 4.27. The van der Waals surface area contributed by atoms with Crippen molar-refractivity contribution in [3.05, 3.63) is 83.1 Å². The van der Waals surface area contributed by atoms with E-state index in [-0.39, 0.29) is 5.91 Å². The van der Waals surface area contributed by atoms with Crippen molar-refractivity contribution in [2.45, 2.75) is 19.4 Å². The first-order chi connectivity index (χ1) is 14.8. The highest BCUT2D eigenvalue weighted by Gasteiger charge is 2.20. The number of carbonyl (C=O) groups excluding carboxylic acids is 1. The molecule has 1 amide bonds. The highest BCUT2D eigenvalue weighted by Crippen LogP contribution is 2.33. The van der Waals surface area contributed by atoms with Crippen LogP contribution in [0.3, 0.4) is 0 Å². The molecule has 0 radical (unpaired) electrons. The number of carbonyl (C=O) groups is 1. The lowest BCUT2D eigenvalue weighted by Crippen LogP contribution is -2.33. The van der Waals surface area contributed by atoms with E-state index in [4.69, 9.17) is 0 Å². The van der Waals surface area contributed by atoms with E-state index in [0.29, 0.717) is 11.4 Å².